The van der Waals surface area contributed by atoms with Gasteiger partial charge in [0.15, 0.2) is 0 Å². The molecule has 2 heterocycles. The molecule has 1 aromatic rings. The lowest BCUT2D eigenvalue weighted by Gasteiger charge is -2.18. The van der Waals surface area contributed by atoms with Gasteiger partial charge in [-0.25, -0.2) is 0 Å². The van der Waals surface area contributed by atoms with Gasteiger partial charge in [-0.3, -0.25) is 0 Å². The van der Waals surface area contributed by atoms with Crippen LogP contribution in [0.4, 0.5) is 0 Å². The summed E-state index contributed by atoms with van der Waals surface area (Å²) in [6, 6.07) is 1.80. The van der Waals surface area contributed by atoms with E-state index in [2.05, 4.69) is 0 Å². The van der Waals surface area contributed by atoms with Gasteiger partial charge >= 0.3 is 0 Å². The van der Waals surface area contributed by atoms with E-state index in [0.29, 0.717) is 5.02 Å². The molecule has 14 heavy (non-hydrogen) atoms. The summed E-state index contributed by atoms with van der Waals surface area (Å²) < 4.78 is 5.18. The highest BCUT2D eigenvalue weighted by Gasteiger charge is 2.19. The van der Waals surface area contributed by atoms with Gasteiger partial charge in [-0.05, 0) is 29.9 Å². The van der Waals surface area contributed by atoms with Crippen molar-refractivity contribution in [2.75, 3.05) is 6.61 Å². The van der Waals surface area contributed by atoms with Gasteiger partial charge in [-0.15, -0.1) is 11.3 Å². The molecule has 1 atom stereocenters. The number of halogens is 1. The van der Waals surface area contributed by atoms with Gasteiger partial charge in [-0.2, -0.15) is 0 Å². The molecule has 1 unspecified atom stereocenters. The molecule has 1 aliphatic heterocycles. The van der Waals surface area contributed by atoms with E-state index in [1.165, 1.54) is 11.3 Å². The first kappa shape index (κ1) is 10.0. The van der Waals surface area contributed by atoms with Crippen molar-refractivity contribution >= 4 is 22.9 Å². The van der Waals surface area contributed by atoms with Crippen LogP contribution in [0.1, 0.15) is 23.8 Å². The molecule has 0 spiro atoms. The topological polar surface area (TPSA) is 29.5 Å². The van der Waals surface area contributed by atoms with Crippen molar-refractivity contribution in [1.82, 2.24) is 0 Å². The minimum Gasteiger partial charge on any atom is -0.501 e. The van der Waals surface area contributed by atoms with Crippen LogP contribution in [0.25, 0.3) is 0 Å². The monoisotopic (exact) mass is 230 g/mol. The SMILES string of the molecule is OC(C1=COCCC1)c1sccc1Cl. The Morgan fingerprint density at radius 3 is 3.00 bits per heavy atom. The van der Waals surface area contributed by atoms with Crippen LogP contribution in [0.5, 0.6) is 0 Å². The summed E-state index contributed by atoms with van der Waals surface area (Å²) in [7, 11) is 0. The predicted molar refractivity (Wildman–Crippen MR) is 57.6 cm³/mol. The second-order valence-corrected chi connectivity index (χ2v) is 4.56. The molecule has 0 radical (unpaired) electrons. The highest BCUT2D eigenvalue weighted by Crippen LogP contribution is 2.35. The number of ether oxygens (including phenoxy) is 1. The van der Waals surface area contributed by atoms with E-state index < -0.39 is 6.10 Å². The van der Waals surface area contributed by atoms with Crippen LogP contribution in [0.3, 0.4) is 0 Å². The molecule has 1 aromatic heterocycles. The molecule has 4 heteroatoms. The van der Waals surface area contributed by atoms with Crippen molar-refractivity contribution in [3.63, 3.8) is 0 Å². The molecular weight excluding hydrogens is 220 g/mol. The number of hydrogen-bond donors (Lipinski definition) is 1. The van der Waals surface area contributed by atoms with E-state index in [-0.39, 0.29) is 0 Å². The first-order valence-corrected chi connectivity index (χ1v) is 5.76. The Morgan fingerprint density at radius 2 is 2.43 bits per heavy atom. The van der Waals surface area contributed by atoms with Crippen LogP contribution in [-0.4, -0.2) is 11.7 Å². The maximum absolute atomic E-state index is 9.99. The molecule has 0 aliphatic carbocycles. The molecule has 0 saturated carbocycles. The summed E-state index contributed by atoms with van der Waals surface area (Å²) in [6.07, 6.45) is 2.91. The molecule has 0 fully saturated rings. The van der Waals surface area contributed by atoms with Crippen molar-refractivity contribution < 1.29 is 9.84 Å². The van der Waals surface area contributed by atoms with Gasteiger partial charge in [0.05, 0.1) is 22.8 Å². The third-order valence-corrected chi connectivity index (χ3v) is 3.62. The second kappa shape index (κ2) is 4.34. The van der Waals surface area contributed by atoms with Crippen LogP contribution in [0.15, 0.2) is 23.3 Å². The van der Waals surface area contributed by atoms with E-state index in [1.54, 1.807) is 12.3 Å². The van der Waals surface area contributed by atoms with Crippen LogP contribution >= 0.6 is 22.9 Å². The lowest BCUT2D eigenvalue weighted by molar-refractivity contribution is 0.172. The number of rotatable bonds is 2. The summed E-state index contributed by atoms with van der Waals surface area (Å²) in [5.41, 5.74) is 0.917. The molecular formula is C10H11ClO2S. The van der Waals surface area contributed by atoms with Crippen LogP contribution in [0, 0.1) is 0 Å². The number of hydrogen-bond acceptors (Lipinski definition) is 3. The summed E-state index contributed by atoms with van der Waals surface area (Å²) in [4.78, 5) is 0.809. The fraction of sp³-hybridized carbons (Fsp3) is 0.400. The molecule has 1 N–H and O–H groups in total. The van der Waals surface area contributed by atoms with Gasteiger partial charge in [-0.1, -0.05) is 11.6 Å². The normalized spacial score (nSPS) is 18.6. The van der Waals surface area contributed by atoms with Gasteiger partial charge in [0, 0.05) is 0 Å². The predicted octanol–water partition coefficient (Wildman–Crippen LogP) is 3.13. The Morgan fingerprint density at radius 1 is 1.57 bits per heavy atom. The molecule has 1 aliphatic rings. The van der Waals surface area contributed by atoms with Crippen molar-refractivity contribution in [1.29, 1.82) is 0 Å². The molecule has 2 nitrogen and oxygen atoms in total. The number of thiophene rings is 1. The minimum atomic E-state index is -0.595. The molecule has 0 amide bonds. The van der Waals surface area contributed by atoms with Crippen molar-refractivity contribution in [2.45, 2.75) is 18.9 Å². The van der Waals surface area contributed by atoms with E-state index >= 15 is 0 Å². The molecule has 76 valence electrons. The van der Waals surface area contributed by atoms with E-state index in [1.807, 2.05) is 5.38 Å². The Bertz CT molecular complexity index is 346. The van der Waals surface area contributed by atoms with E-state index in [0.717, 1.165) is 29.9 Å². The highest BCUT2D eigenvalue weighted by molar-refractivity contribution is 7.10. The van der Waals surface area contributed by atoms with Crippen molar-refractivity contribution in [2.24, 2.45) is 0 Å². The standard InChI is InChI=1S/C10H11ClO2S/c11-8-3-5-14-10(8)9(12)7-2-1-4-13-6-7/h3,5-6,9,12H,1-2,4H2. The van der Waals surface area contributed by atoms with Gasteiger partial charge < -0.3 is 9.84 Å². The zero-order valence-corrected chi connectivity index (χ0v) is 9.14. The van der Waals surface area contributed by atoms with Crippen LogP contribution in [-0.2, 0) is 4.74 Å². The lowest BCUT2D eigenvalue weighted by Crippen LogP contribution is -2.06. The van der Waals surface area contributed by atoms with Crippen LogP contribution < -0.4 is 0 Å². The van der Waals surface area contributed by atoms with Gasteiger partial charge in [0.1, 0.15) is 6.10 Å². The van der Waals surface area contributed by atoms with Crippen LogP contribution in [0.2, 0.25) is 5.02 Å². The Labute approximate surface area is 91.8 Å². The fourth-order valence-electron chi connectivity index (χ4n) is 1.45. The lowest BCUT2D eigenvalue weighted by atomic mass is 10.0. The van der Waals surface area contributed by atoms with E-state index in [4.69, 9.17) is 16.3 Å². The quantitative estimate of drug-likeness (QED) is 0.846. The molecule has 0 bridgehead atoms. The zero-order chi connectivity index (χ0) is 9.97. The summed E-state index contributed by atoms with van der Waals surface area (Å²) >= 11 is 7.41. The van der Waals surface area contributed by atoms with Gasteiger partial charge in [0.25, 0.3) is 0 Å². The highest BCUT2D eigenvalue weighted by atomic mass is 35.5. The largest absolute Gasteiger partial charge is 0.501 e. The maximum Gasteiger partial charge on any atom is 0.114 e. The third-order valence-electron chi connectivity index (χ3n) is 2.21. The maximum atomic E-state index is 9.99. The summed E-state index contributed by atoms with van der Waals surface area (Å²) in [5.74, 6) is 0. The average molecular weight is 231 g/mol. The van der Waals surface area contributed by atoms with Crippen molar-refractivity contribution in [3.05, 3.63) is 33.2 Å². The average Bonchev–Trinajstić information content (AvgIpc) is 2.65. The third kappa shape index (κ3) is 1.95. The Hall–Kier alpha value is -0.510. The zero-order valence-electron chi connectivity index (χ0n) is 7.57. The molecule has 2 rings (SSSR count). The fourth-order valence-corrected chi connectivity index (χ4v) is 2.64. The number of aliphatic hydroxyl groups excluding tert-OH is 1. The number of aliphatic hydroxyl groups is 1. The second-order valence-electron chi connectivity index (χ2n) is 3.20. The first-order chi connectivity index (χ1) is 6.79. The summed E-state index contributed by atoms with van der Waals surface area (Å²) in [6.45, 7) is 0.744. The van der Waals surface area contributed by atoms with E-state index in [9.17, 15) is 5.11 Å². The minimum absolute atomic E-state index is 0.595. The molecule has 0 saturated heterocycles. The Kier molecular flexibility index (Phi) is 3.11. The van der Waals surface area contributed by atoms with Crippen molar-refractivity contribution in [3.8, 4) is 0 Å². The first-order valence-electron chi connectivity index (χ1n) is 4.50. The summed E-state index contributed by atoms with van der Waals surface area (Å²) in [5, 5.41) is 12.5. The molecule has 0 aromatic carbocycles. The smallest absolute Gasteiger partial charge is 0.114 e. The van der Waals surface area contributed by atoms with Gasteiger partial charge in [0.2, 0.25) is 0 Å². The Balaban J connectivity index is 2.19.